The highest BCUT2D eigenvalue weighted by Crippen LogP contribution is 2.63. The van der Waals surface area contributed by atoms with Gasteiger partial charge in [0.25, 0.3) is 0 Å². The van der Waals surface area contributed by atoms with Gasteiger partial charge in [-0.2, -0.15) is 0 Å². The van der Waals surface area contributed by atoms with Crippen LogP contribution >= 0.6 is 0 Å². The van der Waals surface area contributed by atoms with E-state index >= 15 is 0 Å². The summed E-state index contributed by atoms with van der Waals surface area (Å²) in [5.74, 6) is -1.41. The number of methoxy groups -OCH3 is 2. The van der Waals surface area contributed by atoms with Crippen LogP contribution in [-0.2, 0) is 19.1 Å². The molecule has 1 saturated heterocycles. The number of fused-ring (bicyclic) bond motifs is 5. The number of carbonyl (C=O) groups is 2. The third-order valence-corrected chi connectivity index (χ3v) is 4.41. The molecule has 0 aromatic heterocycles. The Kier molecular flexibility index (Phi) is 2.93. The molecule has 0 amide bonds. The van der Waals surface area contributed by atoms with E-state index in [4.69, 9.17) is 9.47 Å². The van der Waals surface area contributed by atoms with Crippen LogP contribution in [0.25, 0.3) is 0 Å². The zero-order valence-corrected chi connectivity index (χ0v) is 11.6. The number of rotatable bonds is 3. The van der Waals surface area contributed by atoms with E-state index in [1.165, 1.54) is 19.2 Å². The van der Waals surface area contributed by atoms with Crippen LogP contribution in [0.2, 0.25) is 0 Å². The molecule has 2 aliphatic heterocycles. The van der Waals surface area contributed by atoms with Gasteiger partial charge in [-0.1, -0.05) is 24.3 Å². The van der Waals surface area contributed by atoms with Crippen LogP contribution in [0.3, 0.4) is 0 Å². The Morgan fingerprint density at radius 2 is 1.76 bits per heavy atom. The number of ether oxygens (including phenoxy) is 2. The molecule has 1 aromatic rings. The van der Waals surface area contributed by atoms with Crippen LogP contribution < -0.4 is 0 Å². The molecule has 0 N–H and O–H groups in total. The van der Waals surface area contributed by atoms with E-state index in [2.05, 4.69) is 5.29 Å². The van der Waals surface area contributed by atoms with Gasteiger partial charge < -0.3 is 9.47 Å². The van der Waals surface area contributed by atoms with Gasteiger partial charge in [-0.3, -0.25) is 9.59 Å². The van der Waals surface area contributed by atoms with Crippen LogP contribution in [0.15, 0.2) is 29.6 Å². The molecule has 2 heterocycles. The average Bonchev–Trinajstić information content (AvgIpc) is 3.04. The Morgan fingerprint density at radius 3 is 2.29 bits per heavy atom. The standard InChI is InChI=1S/C14H14N2O5/c1-20-12(17)14(13(18)21-2)7-10-8-5-3-4-6-9(8)11(14)16(10)15-19/h3-6,10-11H,7H2,1-2H3/t10-,11-/m0/s1. The summed E-state index contributed by atoms with van der Waals surface area (Å²) in [7, 11) is 2.42. The number of nitroso groups, excluding NO2 is 1. The Hall–Kier alpha value is -2.44. The molecule has 0 saturated carbocycles. The van der Waals surface area contributed by atoms with Crippen molar-refractivity contribution in [1.82, 2.24) is 5.01 Å². The van der Waals surface area contributed by atoms with E-state index in [1.807, 2.05) is 12.1 Å². The monoisotopic (exact) mass is 290 g/mol. The summed E-state index contributed by atoms with van der Waals surface area (Å²) in [4.78, 5) is 35.8. The summed E-state index contributed by atoms with van der Waals surface area (Å²) in [6.07, 6.45) is 0.125. The highest BCUT2D eigenvalue weighted by molar-refractivity contribution is 6.02. The lowest BCUT2D eigenvalue weighted by atomic mass is 9.71. The second-order valence-electron chi connectivity index (χ2n) is 5.17. The molecule has 1 aromatic carbocycles. The third-order valence-electron chi connectivity index (χ3n) is 4.41. The minimum atomic E-state index is -1.55. The molecular formula is C14H14N2O5. The minimum absolute atomic E-state index is 0.125. The smallest absolute Gasteiger partial charge is 0.325 e. The SMILES string of the molecule is COC(=O)C1(C(=O)OC)C[C@H]2c3ccccc3[C@@H]1N2N=O. The summed E-state index contributed by atoms with van der Waals surface area (Å²) >= 11 is 0. The molecule has 0 spiro atoms. The predicted octanol–water partition coefficient (Wildman–Crippen LogP) is 1.50. The lowest BCUT2D eigenvalue weighted by Crippen LogP contribution is -2.45. The second kappa shape index (κ2) is 4.54. The number of carbonyl (C=O) groups excluding carboxylic acids is 2. The largest absolute Gasteiger partial charge is 0.468 e. The van der Waals surface area contributed by atoms with Gasteiger partial charge >= 0.3 is 11.9 Å². The number of benzene rings is 1. The highest BCUT2D eigenvalue weighted by atomic mass is 16.5. The van der Waals surface area contributed by atoms with E-state index in [0.717, 1.165) is 11.1 Å². The molecule has 21 heavy (non-hydrogen) atoms. The average molecular weight is 290 g/mol. The van der Waals surface area contributed by atoms with Gasteiger partial charge in [0.2, 0.25) is 0 Å². The second-order valence-corrected chi connectivity index (χ2v) is 5.17. The summed E-state index contributed by atoms with van der Waals surface area (Å²) in [5.41, 5.74) is 0.103. The van der Waals surface area contributed by atoms with Crippen molar-refractivity contribution in [3.63, 3.8) is 0 Å². The van der Waals surface area contributed by atoms with Gasteiger partial charge in [0, 0.05) is 6.42 Å². The molecule has 2 atom stereocenters. The van der Waals surface area contributed by atoms with Crippen molar-refractivity contribution >= 4 is 11.9 Å². The molecule has 7 nitrogen and oxygen atoms in total. The maximum Gasteiger partial charge on any atom is 0.325 e. The maximum atomic E-state index is 12.3. The van der Waals surface area contributed by atoms with Crippen LogP contribution in [0.5, 0.6) is 0 Å². The topological polar surface area (TPSA) is 85.3 Å². The van der Waals surface area contributed by atoms with Crippen LogP contribution in [0.4, 0.5) is 0 Å². The Labute approximate surface area is 120 Å². The molecule has 1 fully saturated rings. The molecular weight excluding hydrogens is 276 g/mol. The molecule has 2 aliphatic rings. The molecule has 0 radical (unpaired) electrons. The van der Waals surface area contributed by atoms with Gasteiger partial charge in [-0.15, -0.1) is 4.91 Å². The van der Waals surface area contributed by atoms with Gasteiger partial charge in [0.15, 0.2) is 5.41 Å². The van der Waals surface area contributed by atoms with Crippen LogP contribution in [0.1, 0.15) is 29.6 Å². The van der Waals surface area contributed by atoms with Crippen molar-refractivity contribution < 1.29 is 19.1 Å². The van der Waals surface area contributed by atoms with Crippen molar-refractivity contribution in [2.24, 2.45) is 10.7 Å². The van der Waals surface area contributed by atoms with E-state index < -0.39 is 29.4 Å². The quantitative estimate of drug-likeness (QED) is 0.476. The fraction of sp³-hybridized carbons (Fsp3) is 0.429. The zero-order chi connectivity index (χ0) is 15.2. The Bertz CT molecular complexity index is 614. The Balaban J connectivity index is 2.21. The highest BCUT2D eigenvalue weighted by Gasteiger charge is 2.68. The zero-order valence-electron chi connectivity index (χ0n) is 11.6. The molecule has 7 heteroatoms. The molecule has 110 valence electrons. The van der Waals surface area contributed by atoms with Crippen molar-refractivity contribution in [2.45, 2.75) is 18.5 Å². The van der Waals surface area contributed by atoms with Crippen molar-refractivity contribution in [1.29, 1.82) is 0 Å². The third kappa shape index (κ3) is 1.48. The lowest BCUT2D eigenvalue weighted by Gasteiger charge is -2.31. The van der Waals surface area contributed by atoms with E-state index in [-0.39, 0.29) is 6.42 Å². The number of nitrogens with zero attached hydrogens (tertiary/aromatic N) is 2. The summed E-state index contributed by atoms with van der Waals surface area (Å²) in [6, 6.07) is 6.11. The van der Waals surface area contributed by atoms with E-state index in [1.54, 1.807) is 12.1 Å². The van der Waals surface area contributed by atoms with E-state index in [0.29, 0.717) is 0 Å². The first-order valence-electron chi connectivity index (χ1n) is 6.49. The van der Waals surface area contributed by atoms with Crippen molar-refractivity contribution in [3.05, 3.63) is 40.3 Å². The number of hydrogen-bond acceptors (Lipinski definition) is 6. The molecule has 2 bridgehead atoms. The molecule has 0 aliphatic carbocycles. The lowest BCUT2D eigenvalue weighted by molar-refractivity contribution is -0.171. The first-order chi connectivity index (χ1) is 10.1. The molecule has 0 unspecified atom stereocenters. The predicted molar refractivity (Wildman–Crippen MR) is 70.6 cm³/mol. The summed E-state index contributed by atoms with van der Waals surface area (Å²) in [5, 5.41) is 4.29. The van der Waals surface area contributed by atoms with Crippen molar-refractivity contribution in [3.8, 4) is 0 Å². The van der Waals surface area contributed by atoms with Gasteiger partial charge in [0.05, 0.1) is 25.5 Å². The van der Waals surface area contributed by atoms with Gasteiger partial charge in [-0.05, 0) is 11.1 Å². The normalized spacial score (nSPS) is 24.4. The minimum Gasteiger partial charge on any atom is -0.468 e. The number of hydrogen-bond donors (Lipinski definition) is 0. The van der Waals surface area contributed by atoms with Gasteiger partial charge in [-0.25, -0.2) is 5.01 Å². The fourth-order valence-electron chi connectivity index (χ4n) is 3.58. The fourth-order valence-corrected chi connectivity index (χ4v) is 3.58. The molecule has 3 rings (SSSR count). The van der Waals surface area contributed by atoms with E-state index in [9.17, 15) is 14.5 Å². The first-order valence-corrected chi connectivity index (χ1v) is 6.49. The van der Waals surface area contributed by atoms with Gasteiger partial charge in [0.1, 0.15) is 6.04 Å². The Morgan fingerprint density at radius 1 is 1.19 bits per heavy atom. The van der Waals surface area contributed by atoms with Crippen LogP contribution in [-0.4, -0.2) is 31.2 Å². The summed E-state index contributed by atoms with van der Waals surface area (Å²) < 4.78 is 9.62. The van der Waals surface area contributed by atoms with Crippen molar-refractivity contribution in [2.75, 3.05) is 14.2 Å². The summed E-state index contributed by atoms with van der Waals surface area (Å²) in [6.45, 7) is 0. The number of esters is 2. The first kappa shape index (κ1) is 13.5. The maximum absolute atomic E-state index is 12.3. The van der Waals surface area contributed by atoms with Crippen LogP contribution in [0, 0.1) is 10.3 Å².